The number of sulfonamides is 1. The molecule has 5 rings (SSSR count). The van der Waals surface area contributed by atoms with Crippen molar-refractivity contribution >= 4 is 27.0 Å². The maximum atomic E-state index is 13.7. The number of aliphatic carboxylic acids is 1. The molecule has 0 radical (unpaired) electrons. The second-order valence-electron chi connectivity index (χ2n) is 10.3. The molecule has 2 heterocycles. The number of nitrogens with zero attached hydrogens (tertiary/aromatic N) is 4. The van der Waals surface area contributed by atoms with Gasteiger partial charge in [-0.1, -0.05) is 48.5 Å². The highest BCUT2D eigenvalue weighted by Gasteiger charge is 2.34. The van der Waals surface area contributed by atoms with Crippen LogP contribution >= 0.6 is 0 Å². The summed E-state index contributed by atoms with van der Waals surface area (Å²) in [7, 11) is -3.82. The minimum Gasteiger partial charge on any atom is -0.488 e. The molecule has 210 valence electrons. The van der Waals surface area contributed by atoms with Crippen molar-refractivity contribution in [2.45, 2.75) is 70.5 Å². The fourth-order valence-corrected chi connectivity index (χ4v) is 7.02. The highest BCUT2D eigenvalue weighted by Crippen LogP contribution is 2.36. The summed E-state index contributed by atoms with van der Waals surface area (Å²) in [6, 6.07) is 16.5. The number of fused-ring (bicyclic) bond motifs is 2. The highest BCUT2D eigenvalue weighted by molar-refractivity contribution is 7.89. The Hall–Kier alpha value is -3.76. The molecule has 10 heteroatoms. The Morgan fingerprint density at radius 1 is 1.12 bits per heavy atom. The molecular formula is C30H34N4O5S. The van der Waals surface area contributed by atoms with Gasteiger partial charge < -0.3 is 9.84 Å². The average molecular weight is 563 g/mol. The Morgan fingerprint density at radius 2 is 1.90 bits per heavy atom. The highest BCUT2D eigenvalue weighted by atomic mass is 32.2. The van der Waals surface area contributed by atoms with Crippen molar-refractivity contribution in [3.63, 3.8) is 0 Å². The SMILES string of the molecule is CCC1CN(Cc2cc(C(CC(=O)O)c3ccc4c(nnn4CC)c3C)ccc2C)S(=O)(=O)c2ccccc2O1. The largest absolute Gasteiger partial charge is 0.488 e. The monoisotopic (exact) mass is 562 g/mol. The van der Waals surface area contributed by atoms with E-state index >= 15 is 0 Å². The van der Waals surface area contributed by atoms with E-state index in [4.69, 9.17) is 4.74 Å². The van der Waals surface area contributed by atoms with Crippen LogP contribution in [0.5, 0.6) is 5.75 Å². The third kappa shape index (κ3) is 5.09. The van der Waals surface area contributed by atoms with Crippen LogP contribution in [-0.4, -0.2) is 51.4 Å². The number of para-hydroxylation sites is 1. The molecule has 1 aromatic heterocycles. The van der Waals surface area contributed by atoms with Crippen molar-refractivity contribution in [3.05, 3.63) is 82.4 Å². The third-order valence-electron chi connectivity index (χ3n) is 7.78. The zero-order valence-electron chi connectivity index (χ0n) is 23.2. The first-order valence-electron chi connectivity index (χ1n) is 13.5. The molecule has 0 saturated carbocycles. The number of ether oxygens (including phenoxy) is 1. The Kier molecular flexibility index (Phi) is 7.65. The molecule has 4 aromatic rings. The van der Waals surface area contributed by atoms with Crippen molar-refractivity contribution in [2.75, 3.05) is 6.54 Å². The van der Waals surface area contributed by atoms with Gasteiger partial charge in [0, 0.05) is 19.0 Å². The predicted molar refractivity (Wildman–Crippen MR) is 152 cm³/mol. The normalized spacial score (nSPS) is 17.6. The fourth-order valence-electron chi connectivity index (χ4n) is 5.45. The second kappa shape index (κ2) is 11.0. The summed E-state index contributed by atoms with van der Waals surface area (Å²) in [6.07, 6.45) is 0.259. The number of hydrogen-bond donors (Lipinski definition) is 1. The quantitative estimate of drug-likeness (QED) is 0.320. The van der Waals surface area contributed by atoms with E-state index in [-0.39, 0.29) is 30.5 Å². The van der Waals surface area contributed by atoms with Crippen molar-refractivity contribution in [3.8, 4) is 5.75 Å². The summed E-state index contributed by atoms with van der Waals surface area (Å²) in [4.78, 5) is 12.2. The molecule has 1 N–H and O–H groups in total. The number of carbonyl (C=O) groups is 1. The van der Waals surface area contributed by atoms with Crippen LogP contribution in [0.1, 0.15) is 60.4 Å². The van der Waals surface area contributed by atoms with Gasteiger partial charge in [0.2, 0.25) is 10.0 Å². The van der Waals surface area contributed by atoms with E-state index in [1.165, 1.54) is 4.31 Å². The van der Waals surface area contributed by atoms with Crippen LogP contribution in [0.15, 0.2) is 59.5 Å². The maximum absolute atomic E-state index is 13.7. The van der Waals surface area contributed by atoms with Crippen molar-refractivity contribution in [2.24, 2.45) is 0 Å². The van der Waals surface area contributed by atoms with Crippen LogP contribution in [0.4, 0.5) is 0 Å². The maximum Gasteiger partial charge on any atom is 0.304 e. The minimum absolute atomic E-state index is 0.113. The number of aryl methyl sites for hydroxylation is 3. The first-order valence-corrected chi connectivity index (χ1v) is 15.0. The zero-order valence-corrected chi connectivity index (χ0v) is 24.0. The van der Waals surface area contributed by atoms with Gasteiger partial charge in [-0.05, 0) is 73.2 Å². The van der Waals surface area contributed by atoms with Crippen LogP contribution in [0, 0.1) is 13.8 Å². The van der Waals surface area contributed by atoms with E-state index in [9.17, 15) is 18.3 Å². The molecule has 2 atom stereocenters. The van der Waals surface area contributed by atoms with Crippen LogP contribution < -0.4 is 4.74 Å². The molecule has 1 aliphatic rings. The summed E-state index contributed by atoms with van der Waals surface area (Å²) in [5, 5.41) is 18.4. The lowest BCUT2D eigenvalue weighted by Crippen LogP contribution is -2.36. The van der Waals surface area contributed by atoms with E-state index in [1.54, 1.807) is 24.3 Å². The topological polar surface area (TPSA) is 115 Å². The number of rotatable bonds is 8. The lowest BCUT2D eigenvalue weighted by atomic mass is 9.84. The van der Waals surface area contributed by atoms with Gasteiger partial charge in [-0.25, -0.2) is 13.1 Å². The van der Waals surface area contributed by atoms with Crippen LogP contribution in [-0.2, 0) is 27.9 Å². The molecule has 0 spiro atoms. The first-order chi connectivity index (χ1) is 19.1. The third-order valence-corrected chi connectivity index (χ3v) is 9.63. The molecule has 2 unspecified atom stereocenters. The summed E-state index contributed by atoms with van der Waals surface area (Å²) in [5.74, 6) is -0.991. The van der Waals surface area contributed by atoms with Crippen molar-refractivity contribution in [1.29, 1.82) is 0 Å². The molecule has 0 fully saturated rings. The van der Waals surface area contributed by atoms with E-state index in [2.05, 4.69) is 10.3 Å². The lowest BCUT2D eigenvalue weighted by molar-refractivity contribution is -0.137. The van der Waals surface area contributed by atoms with Gasteiger partial charge in [0.25, 0.3) is 0 Å². The summed E-state index contributed by atoms with van der Waals surface area (Å²) in [5.41, 5.74) is 5.97. The fraction of sp³-hybridized carbons (Fsp3) is 0.367. The van der Waals surface area contributed by atoms with Gasteiger partial charge in [0.1, 0.15) is 22.3 Å². The Labute approximate surface area is 234 Å². The number of carboxylic acids is 1. The second-order valence-corrected chi connectivity index (χ2v) is 12.2. The van der Waals surface area contributed by atoms with Crippen molar-refractivity contribution < 1.29 is 23.1 Å². The molecule has 0 amide bonds. The van der Waals surface area contributed by atoms with Crippen LogP contribution in [0.25, 0.3) is 11.0 Å². The molecule has 0 bridgehead atoms. The smallest absolute Gasteiger partial charge is 0.304 e. The van der Waals surface area contributed by atoms with Crippen molar-refractivity contribution in [1.82, 2.24) is 19.3 Å². The summed E-state index contributed by atoms with van der Waals surface area (Å²) >= 11 is 0. The van der Waals surface area contributed by atoms with Crippen LogP contribution in [0.3, 0.4) is 0 Å². The number of hydrogen-bond acceptors (Lipinski definition) is 6. The lowest BCUT2D eigenvalue weighted by Gasteiger charge is -2.25. The molecule has 1 aliphatic heterocycles. The van der Waals surface area contributed by atoms with Gasteiger partial charge in [-0.15, -0.1) is 5.10 Å². The van der Waals surface area contributed by atoms with Crippen LogP contribution in [0.2, 0.25) is 0 Å². The van der Waals surface area contributed by atoms with E-state index in [1.807, 2.05) is 62.7 Å². The predicted octanol–water partition coefficient (Wildman–Crippen LogP) is 5.04. The van der Waals surface area contributed by atoms with Gasteiger partial charge in [-0.3, -0.25) is 4.79 Å². The Balaban J connectivity index is 1.56. The molecule has 0 aliphatic carbocycles. The molecule has 0 saturated heterocycles. The molecular weight excluding hydrogens is 528 g/mol. The summed E-state index contributed by atoms with van der Waals surface area (Å²) < 4.78 is 36.8. The van der Waals surface area contributed by atoms with E-state index in [0.29, 0.717) is 18.7 Å². The first kappa shape index (κ1) is 27.8. The van der Waals surface area contributed by atoms with E-state index in [0.717, 1.165) is 38.9 Å². The van der Waals surface area contributed by atoms with Gasteiger partial charge in [0.15, 0.2) is 0 Å². The molecule has 9 nitrogen and oxygen atoms in total. The van der Waals surface area contributed by atoms with Gasteiger partial charge in [-0.2, -0.15) is 4.31 Å². The average Bonchev–Trinajstić information content (AvgIpc) is 3.32. The number of carboxylic acid groups (broad SMARTS) is 1. The standard InChI is InChI=1S/C30H34N4O5S/c1-5-23-18-33(40(37,38)28-10-8-7-9-27(28)39-23)17-22-15-21(12-11-19(22)3)25(16-29(35)36)24-13-14-26-30(20(24)4)31-32-34(26)6-2/h7-15,23,25H,5-6,16-18H2,1-4H3,(H,35,36). The summed E-state index contributed by atoms with van der Waals surface area (Å²) in [6.45, 7) is 8.92. The number of benzene rings is 3. The van der Waals surface area contributed by atoms with E-state index < -0.39 is 21.9 Å². The van der Waals surface area contributed by atoms with Gasteiger partial charge >= 0.3 is 5.97 Å². The molecule has 3 aromatic carbocycles. The minimum atomic E-state index is -3.82. The zero-order chi connectivity index (χ0) is 28.6. The van der Waals surface area contributed by atoms with Gasteiger partial charge in [0.05, 0.1) is 18.5 Å². The number of aromatic nitrogens is 3. The Morgan fingerprint density at radius 3 is 2.62 bits per heavy atom. The molecule has 40 heavy (non-hydrogen) atoms. The Bertz CT molecular complexity index is 1680.